The van der Waals surface area contributed by atoms with Gasteiger partial charge in [0, 0.05) is 11.6 Å². The molecule has 2 rings (SSSR count). The van der Waals surface area contributed by atoms with Gasteiger partial charge in [-0.05, 0) is 32.0 Å². The predicted octanol–water partition coefficient (Wildman–Crippen LogP) is 2.54. The van der Waals surface area contributed by atoms with Crippen molar-refractivity contribution in [3.05, 3.63) is 23.2 Å². The van der Waals surface area contributed by atoms with Crippen LogP contribution < -0.4 is 10.6 Å². The van der Waals surface area contributed by atoms with Gasteiger partial charge in [-0.25, -0.2) is 9.78 Å². The summed E-state index contributed by atoms with van der Waals surface area (Å²) >= 11 is 7.15. The highest BCUT2D eigenvalue weighted by molar-refractivity contribution is 8.00. The summed E-state index contributed by atoms with van der Waals surface area (Å²) < 4.78 is 0. The van der Waals surface area contributed by atoms with E-state index >= 15 is 0 Å². The van der Waals surface area contributed by atoms with Crippen molar-refractivity contribution in [1.29, 1.82) is 0 Å². The van der Waals surface area contributed by atoms with E-state index in [1.807, 2.05) is 0 Å². The number of aromatic nitrogens is 2. The van der Waals surface area contributed by atoms with E-state index in [1.165, 1.54) is 11.8 Å². The minimum atomic E-state index is -0.494. The molecule has 2 aromatic rings. The highest BCUT2D eigenvalue weighted by atomic mass is 35.5. The van der Waals surface area contributed by atoms with Gasteiger partial charge in [-0.3, -0.25) is 10.1 Å². The minimum Gasteiger partial charge on any atom is -0.338 e. The summed E-state index contributed by atoms with van der Waals surface area (Å²) in [5.41, 5.74) is 1.58. The van der Waals surface area contributed by atoms with Crippen LogP contribution in [-0.2, 0) is 4.79 Å². The molecule has 21 heavy (non-hydrogen) atoms. The second kappa shape index (κ2) is 6.82. The van der Waals surface area contributed by atoms with E-state index < -0.39 is 11.3 Å². The van der Waals surface area contributed by atoms with Gasteiger partial charge in [0.25, 0.3) is 0 Å². The smallest absolute Gasteiger partial charge is 0.321 e. The fourth-order valence-corrected chi connectivity index (χ4v) is 2.65. The molecule has 1 aromatic heterocycles. The van der Waals surface area contributed by atoms with Gasteiger partial charge < -0.3 is 10.3 Å². The average Bonchev–Trinajstić information content (AvgIpc) is 2.80. The Bertz CT molecular complexity index is 673. The highest BCUT2D eigenvalue weighted by Gasteiger charge is 2.18. The zero-order valence-corrected chi connectivity index (χ0v) is 13.1. The number of H-pyrrole nitrogens is 1. The lowest BCUT2D eigenvalue weighted by Crippen LogP contribution is -2.42. The van der Waals surface area contributed by atoms with Crippen LogP contribution in [0.3, 0.4) is 0 Å². The maximum atomic E-state index is 11.8. The van der Waals surface area contributed by atoms with Crippen molar-refractivity contribution in [3.8, 4) is 0 Å². The molecule has 0 saturated carbocycles. The van der Waals surface area contributed by atoms with E-state index in [9.17, 15) is 9.59 Å². The molecule has 8 heteroatoms. The topological polar surface area (TPSA) is 86.9 Å². The molecule has 0 aliphatic rings. The Morgan fingerprint density at radius 2 is 2.24 bits per heavy atom. The highest BCUT2D eigenvalue weighted by Crippen LogP contribution is 2.25. The van der Waals surface area contributed by atoms with Gasteiger partial charge in [0.05, 0.1) is 16.3 Å². The first kappa shape index (κ1) is 15.7. The monoisotopic (exact) mass is 326 g/mol. The maximum absolute atomic E-state index is 11.8. The predicted molar refractivity (Wildman–Crippen MR) is 83.6 cm³/mol. The first-order valence-corrected chi connectivity index (χ1v) is 7.66. The van der Waals surface area contributed by atoms with Crippen molar-refractivity contribution in [3.63, 3.8) is 0 Å². The second-order valence-electron chi connectivity index (χ2n) is 4.31. The van der Waals surface area contributed by atoms with Crippen LogP contribution in [0.25, 0.3) is 11.0 Å². The summed E-state index contributed by atoms with van der Waals surface area (Å²) in [5, 5.41) is 5.54. The number of fused-ring (bicyclic) bond motifs is 1. The number of rotatable bonds is 4. The number of urea groups is 1. The Kier molecular flexibility index (Phi) is 5.08. The van der Waals surface area contributed by atoms with E-state index in [0.29, 0.717) is 16.7 Å². The standard InChI is InChI=1S/C13H15ClN4O2S/c1-3-15-12(20)18-11(19)7(2)21-13-16-9-5-4-8(14)6-10(9)17-13/h4-7H,3H2,1-2H3,(H,16,17)(H2,15,18,19,20). The number of nitrogens with one attached hydrogen (secondary N) is 3. The van der Waals surface area contributed by atoms with Crippen molar-refractivity contribution in [2.24, 2.45) is 0 Å². The lowest BCUT2D eigenvalue weighted by atomic mass is 10.3. The Balaban J connectivity index is 2.02. The van der Waals surface area contributed by atoms with E-state index in [1.54, 1.807) is 32.0 Å². The second-order valence-corrected chi connectivity index (χ2v) is 6.08. The zero-order chi connectivity index (χ0) is 15.4. The van der Waals surface area contributed by atoms with Crippen molar-refractivity contribution in [2.45, 2.75) is 24.3 Å². The number of hydrogen-bond acceptors (Lipinski definition) is 4. The number of benzene rings is 1. The van der Waals surface area contributed by atoms with Gasteiger partial charge in [-0.15, -0.1) is 0 Å². The number of carbonyl (C=O) groups excluding carboxylic acids is 2. The molecule has 3 N–H and O–H groups in total. The lowest BCUT2D eigenvalue weighted by molar-refractivity contribution is -0.119. The molecule has 1 unspecified atom stereocenters. The molecule has 0 bridgehead atoms. The molecule has 1 aromatic carbocycles. The third kappa shape index (κ3) is 4.12. The van der Waals surface area contributed by atoms with Crippen LogP contribution in [0.2, 0.25) is 5.02 Å². The molecule has 1 atom stereocenters. The van der Waals surface area contributed by atoms with Crippen LogP contribution >= 0.6 is 23.4 Å². The van der Waals surface area contributed by atoms with Crippen molar-refractivity contribution in [2.75, 3.05) is 6.54 Å². The lowest BCUT2D eigenvalue weighted by Gasteiger charge is -2.09. The van der Waals surface area contributed by atoms with Crippen LogP contribution in [-0.4, -0.2) is 33.7 Å². The van der Waals surface area contributed by atoms with Crippen molar-refractivity contribution < 1.29 is 9.59 Å². The molecule has 0 saturated heterocycles. The van der Waals surface area contributed by atoms with E-state index in [4.69, 9.17) is 11.6 Å². The number of amides is 3. The number of imide groups is 1. The molecule has 1 heterocycles. The average molecular weight is 327 g/mol. The molecule has 0 radical (unpaired) electrons. The fraction of sp³-hybridized carbons (Fsp3) is 0.308. The van der Waals surface area contributed by atoms with Gasteiger partial charge in [0.2, 0.25) is 5.91 Å². The van der Waals surface area contributed by atoms with Gasteiger partial charge in [0.15, 0.2) is 5.16 Å². The number of halogens is 1. The number of aromatic amines is 1. The van der Waals surface area contributed by atoms with Gasteiger partial charge in [-0.2, -0.15) is 0 Å². The van der Waals surface area contributed by atoms with Crippen LogP contribution in [0.4, 0.5) is 4.79 Å². The molecule has 0 fully saturated rings. The largest absolute Gasteiger partial charge is 0.338 e. The van der Waals surface area contributed by atoms with Crippen LogP contribution in [0.1, 0.15) is 13.8 Å². The molecule has 0 aliphatic carbocycles. The van der Waals surface area contributed by atoms with E-state index in [-0.39, 0.29) is 5.91 Å². The van der Waals surface area contributed by atoms with Gasteiger partial charge >= 0.3 is 6.03 Å². The maximum Gasteiger partial charge on any atom is 0.321 e. The van der Waals surface area contributed by atoms with Gasteiger partial charge in [-0.1, -0.05) is 23.4 Å². The third-order valence-corrected chi connectivity index (χ3v) is 3.87. The Labute approximate surface area is 131 Å². The Morgan fingerprint density at radius 3 is 2.95 bits per heavy atom. The summed E-state index contributed by atoms with van der Waals surface area (Å²) in [6.07, 6.45) is 0. The number of thioether (sulfide) groups is 1. The van der Waals surface area contributed by atoms with Crippen LogP contribution in [0.15, 0.2) is 23.4 Å². The Morgan fingerprint density at radius 1 is 1.48 bits per heavy atom. The van der Waals surface area contributed by atoms with Crippen LogP contribution in [0.5, 0.6) is 0 Å². The Hall–Kier alpha value is -1.73. The van der Waals surface area contributed by atoms with E-state index in [2.05, 4.69) is 20.6 Å². The quantitative estimate of drug-likeness (QED) is 0.753. The fourth-order valence-electron chi connectivity index (χ4n) is 1.65. The summed E-state index contributed by atoms with van der Waals surface area (Å²) in [6, 6.07) is 4.83. The SMILES string of the molecule is CCNC(=O)NC(=O)C(C)Sc1nc2ccc(Cl)cc2[nH]1. The molecular formula is C13H15ClN4O2S. The van der Waals surface area contributed by atoms with Crippen LogP contribution in [0, 0.1) is 0 Å². The normalized spacial score (nSPS) is 12.1. The molecule has 112 valence electrons. The van der Waals surface area contributed by atoms with E-state index in [0.717, 1.165) is 11.0 Å². The number of carbonyl (C=O) groups is 2. The minimum absolute atomic E-state index is 0.371. The first-order chi connectivity index (χ1) is 9.99. The molecule has 0 spiro atoms. The van der Waals surface area contributed by atoms with Gasteiger partial charge in [0.1, 0.15) is 0 Å². The molecule has 6 nitrogen and oxygen atoms in total. The number of hydrogen-bond donors (Lipinski definition) is 3. The molecule has 0 aliphatic heterocycles. The van der Waals surface area contributed by atoms with Crippen molar-refractivity contribution in [1.82, 2.24) is 20.6 Å². The summed E-state index contributed by atoms with van der Waals surface area (Å²) in [4.78, 5) is 30.6. The number of imidazole rings is 1. The summed E-state index contributed by atoms with van der Waals surface area (Å²) in [7, 11) is 0. The summed E-state index contributed by atoms with van der Waals surface area (Å²) in [6.45, 7) is 3.95. The van der Waals surface area contributed by atoms with Crippen molar-refractivity contribution >= 4 is 46.3 Å². The molecule has 3 amide bonds. The summed E-state index contributed by atoms with van der Waals surface area (Å²) in [5.74, 6) is -0.371. The zero-order valence-electron chi connectivity index (χ0n) is 11.6. The molecular weight excluding hydrogens is 312 g/mol. The first-order valence-electron chi connectivity index (χ1n) is 6.40. The number of nitrogens with zero attached hydrogens (tertiary/aromatic N) is 1. The third-order valence-electron chi connectivity index (χ3n) is 2.65.